The highest BCUT2D eigenvalue weighted by atomic mass is 16.1. The van der Waals surface area contributed by atoms with Crippen molar-refractivity contribution < 1.29 is 9.59 Å². The predicted octanol–water partition coefficient (Wildman–Crippen LogP) is 1.97. The smallest absolute Gasteiger partial charge is 0.140 e. The lowest BCUT2D eigenvalue weighted by atomic mass is 9.82. The fourth-order valence-corrected chi connectivity index (χ4v) is 2.54. The molecule has 0 unspecified atom stereocenters. The lowest BCUT2D eigenvalue weighted by Gasteiger charge is -2.20. The molecule has 17 heavy (non-hydrogen) atoms. The van der Waals surface area contributed by atoms with Crippen LogP contribution in [-0.2, 0) is 9.59 Å². The topological polar surface area (TPSA) is 62.8 Å². The van der Waals surface area contributed by atoms with E-state index in [0.29, 0.717) is 12.8 Å². The van der Waals surface area contributed by atoms with Crippen LogP contribution in [0.4, 0.5) is 0 Å². The van der Waals surface area contributed by atoms with Crippen molar-refractivity contribution in [3.63, 3.8) is 0 Å². The first-order valence-electron chi connectivity index (χ1n) is 5.69. The van der Waals surface area contributed by atoms with Crippen LogP contribution in [-0.4, -0.2) is 21.5 Å². The van der Waals surface area contributed by atoms with Gasteiger partial charge in [0.15, 0.2) is 0 Å². The Morgan fingerprint density at radius 2 is 1.94 bits per heavy atom. The van der Waals surface area contributed by atoms with Gasteiger partial charge in [0.2, 0.25) is 0 Å². The second-order valence-electron chi connectivity index (χ2n) is 4.50. The minimum absolute atomic E-state index is 0.0186. The Kier molecular flexibility index (Phi) is 2.28. The maximum Gasteiger partial charge on any atom is 0.140 e. The van der Waals surface area contributed by atoms with Crippen molar-refractivity contribution in [2.45, 2.75) is 25.2 Å². The Bertz CT molecular complexity index is 584. The van der Waals surface area contributed by atoms with Crippen molar-refractivity contribution in [2.75, 3.05) is 0 Å². The van der Waals surface area contributed by atoms with Crippen molar-refractivity contribution in [2.24, 2.45) is 0 Å². The molecule has 0 bridgehead atoms. The largest absolute Gasteiger partial charge is 0.346 e. The van der Waals surface area contributed by atoms with Gasteiger partial charge in [-0.2, -0.15) is 0 Å². The van der Waals surface area contributed by atoms with Crippen LogP contribution in [0.5, 0.6) is 0 Å². The van der Waals surface area contributed by atoms with Crippen molar-refractivity contribution in [1.82, 2.24) is 9.97 Å². The van der Waals surface area contributed by atoms with E-state index >= 15 is 0 Å². The number of hydrogen-bond donors (Lipinski definition) is 1. The number of aromatic amines is 1. The van der Waals surface area contributed by atoms with Crippen molar-refractivity contribution in [3.05, 3.63) is 30.1 Å². The third-order valence-electron chi connectivity index (χ3n) is 3.28. The summed E-state index contributed by atoms with van der Waals surface area (Å²) in [6, 6.07) is 3.86. The van der Waals surface area contributed by atoms with Crippen molar-refractivity contribution in [3.8, 4) is 0 Å². The van der Waals surface area contributed by atoms with E-state index in [0.717, 1.165) is 16.6 Å². The van der Waals surface area contributed by atoms with E-state index in [2.05, 4.69) is 9.97 Å². The summed E-state index contributed by atoms with van der Waals surface area (Å²) in [6.07, 6.45) is 4.59. The Morgan fingerprint density at radius 1 is 1.18 bits per heavy atom. The minimum atomic E-state index is 0.0186. The average Bonchev–Trinajstić information content (AvgIpc) is 2.75. The Hall–Kier alpha value is -1.97. The quantitative estimate of drug-likeness (QED) is 0.759. The molecule has 1 fully saturated rings. The molecule has 86 valence electrons. The van der Waals surface area contributed by atoms with Gasteiger partial charge in [-0.25, -0.2) is 4.98 Å². The van der Waals surface area contributed by atoms with Crippen LogP contribution < -0.4 is 0 Å². The van der Waals surface area contributed by atoms with Crippen LogP contribution in [0.15, 0.2) is 24.5 Å². The summed E-state index contributed by atoms with van der Waals surface area (Å²) in [7, 11) is 0. The Labute approximate surface area is 98.0 Å². The van der Waals surface area contributed by atoms with Gasteiger partial charge in [-0.05, 0) is 23.6 Å². The standard InChI is InChI=1S/C13H12N2O2/c16-9-5-8(6-10(17)7-9)11-1-3-14-13-12(11)2-4-15-13/h1-4,8H,5-7H2,(H,14,15). The number of hydrogen-bond acceptors (Lipinski definition) is 3. The molecule has 0 radical (unpaired) electrons. The van der Waals surface area contributed by atoms with Crippen LogP contribution in [0.3, 0.4) is 0 Å². The van der Waals surface area contributed by atoms with Gasteiger partial charge in [0.05, 0.1) is 6.42 Å². The number of Topliss-reactive ketones (excluding diaryl/α,β-unsaturated/α-hetero) is 2. The van der Waals surface area contributed by atoms with Crippen LogP contribution in [0.25, 0.3) is 11.0 Å². The first kappa shape index (κ1) is 10.2. The molecule has 0 aliphatic heterocycles. The lowest BCUT2D eigenvalue weighted by Crippen LogP contribution is -2.21. The van der Waals surface area contributed by atoms with Gasteiger partial charge < -0.3 is 4.98 Å². The van der Waals surface area contributed by atoms with Gasteiger partial charge >= 0.3 is 0 Å². The number of aromatic nitrogens is 2. The summed E-state index contributed by atoms with van der Waals surface area (Å²) in [5, 5.41) is 1.01. The number of carbonyl (C=O) groups excluding carboxylic acids is 2. The summed E-state index contributed by atoms with van der Waals surface area (Å²) in [5.74, 6) is 0.114. The maximum absolute atomic E-state index is 11.5. The molecule has 2 aromatic rings. The highest BCUT2D eigenvalue weighted by Crippen LogP contribution is 2.32. The van der Waals surface area contributed by atoms with Crippen LogP contribution >= 0.6 is 0 Å². The minimum Gasteiger partial charge on any atom is -0.346 e. The molecule has 2 aromatic heterocycles. The van der Waals surface area contributed by atoms with E-state index in [9.17, 15) is 9.59 Å². The SMILES string of the molecule is O=C1CC(=O)CC(c2ccnc3[nH]ccc23)C1. The third-order valence-corrected chi connectivity index (χ3v) is 3.28. The number of rotatable bonds is 1. The van der Waals surface area contributed by atoms with Gasteiger partial charge in [0.25, 0.3) is 0 Å². The molecular weight excluding hydrogens is 216 g/mol. The zero-order chi connectivity index (χ0) is 11.8. The molecule has 0 aromatic carbocycles. The molecule has 4 nitrogen and oxygen atoms in total. The van der Waals surface area contributed by atoms with E-state index < -0.39 is 0 Å². The second-order valence-corrected chi connectivity index (χ2v) is 4.50. The van der Waals surface area contributed by atoms with Crippen LogP contribution in [0.2, 0.25) is 0 Å². The van der Waals surface area contributed by atoms with Gasteiger partial charge in [0.1, 0.15) is 17.2 Å². The number of nitrogens with one attached hydrogen (secondary N) is 1. The number of ketones is 2. The molecule has 0 amide bonds. The summed E-state index contributed by atoms with van der Waals surface area (Å²) >= 11 is 0. The maximum atomic E-state index is 11.5. The number of H-pyrrole nitrogens is 1. The van der Waals surface area contributed by atoms with Gasteiger partial charge in [0, 0.05) is 30.6 Å². The molecule has 4 heteroatoms. The zero-order valence-electron chi connectivity index (χ0n) is 9.27. The molecule has 1 aliphatic carbocycles. The predicted molar refractivity (Wildman–Crippen MR) is 62.7 cm³/mol. The number of fused-ring (bicyclic) bond motifs is 1. The molecule has 1 saturated carbocycles. The number of carbonyl (C=O) groups is 2. The first-order valence-corrected chi connectivity index (χ1v) is 5.69. The van der Waals surface area contributed by atoms with E-state index in [1.807, 2.05) is 18.3 Å². The van der Waals surface area contributed by atoms with Crippen LogP contribution in [0, 0.1) is 0 Å². The highest BCUT2D eigenvalue weighted by molar-refractivity contribution is 6.02. The molecule has 0 saturated heterocycles. The van der Waals surface area contributed by atoms with E-state index in [4.69, 9.17) is 0 Å². The highest BCUT2D eigenvalue weighted by Gasteiger charge is 2.27. The van der Waals surface area contributed by atoms with Crippen LogP contribution in [0.1, 0.15) is 30.7 Å². The molecule has 0 atom stereocenters. The fourth-order valence-electron chi connectivity index (χ4n) is 2.54. The fraction of sp³-hybridized carbons (Fsp3) is 0.308. The second kappa shape index (κ2) is 3.80. The summed E-state index contributed by atoms with van der Waals surface area (Å²) in [5.41, 5.74) is 1.87. The molecule has 3 rings (SSSR count). The van der Waals surface area contributed by atoms with E-state index in [1.54, 1.807) is 6.20 Å². The summed E-state index contributed by atoms with van der Waals surface area (Å²) in [6.45, 7) is 0. The van der Waals surface area contributed by atoms with Crippen molar-refractivity contribution >= 4 is 22.6 Å². The zero-order valence-corrected chi connectivity index (χ0v) is 9.27. The molecule has 1 aliphatic rings. The average molecular weight is 228 g/mol. The lowest BCUT2D eigenvalue weighted by molar-refractivity contribution is -0.130. The number of pyridine rings is 1. The number of nitrogens with zero attached hydrogens (tertiary/aromatic N) is 1. The van der Waals surface area contributed by atoms with Crippen molar-refractivity contribution in [1.29, 1.82) is 0 Å². The summed E-state index contributed by atoms with van der Waals surface area (Å²) in [4.78, 5) is 30.2. The monoisotopic (exact) mass is 228 g/mol. The third kappa shape index (κ3) is 1.75. The Morgan fingerprint density at radius 3 is 2.71 bits per heavy atom. The molecule has 1 N–H and O–H groups in total. The Balaban J connectivity index is 2.05. The molecule has 0 spiro atoms. The van der Waals surface area contributed by atoms with Gasteiger partial charge in [-0.3, -0.25) is 9.59 Å². The first-order chi connectivity index (χ1) is 8.24. The van der Waals surface area contributed by atoms with E-state index in [-0.39, 0.29) is 23.9 Å². The molecule has 2 heterocycles. The van der Waals surface area contributed by atoms with Gasteiger partial charge in [-0.1, -0.05) is 0 Å². The van der Waals surface area contributed by atoms with E-state index in [1.165, 1.54) is 0 Å². The summed E-state index contributed by atoms with van der Waals surface area (Å²) < 4.78 is 0. The normalized spacial score (nSPS) is 17.9. The molecular formula is C13H12N2O2. The van der Waals surface area contributed by atoms with Gasteiger partial charge in [-0.15, -0.1) is 0 Å².